The highest BCUT2D eigenvalue weighted by atomic mass is 32.1. The van der Waals surface area contributed by atoms with Crippen molar-refractivity contribution in [1.82, 2.24) is 14.7 Å². The smallest absolute Gasteiger partial charge is 0.350 e. The monoisotopic (exact) mass is 433 g/mol. The first-order valence-corrected chi connectivity index (χ1v) is 9.87. The van der Waals surface area contributed by atoms with Gasteiger partial charge in [-0.3, -0.25) is 9.20 Å². The van der Waals surface area contributed by atoms with E-state index in [9.17, 15) is 22.4 Å². The second-order valence-electron chi connectivity index (χ2n) is 6.54. The van der Waals surface area contributed by atoms with E-state index in [1.165, 1.54) is 29.5 Å². The molecule has 1 amide bonds. The van der Waals surface area contributed by atoms with Gasteiger partial charge in [0.1, 0.15) is 5.82 Å². The van der Waals surface area contributed by atoms with Gasteiger partial charge in [0, 0.05) is 23.7 Å². The number of hydrogen-bond acceptors (Lipinski definition) is 3. The largest absolute Gasteiger partial charge is 0.416 e. The number of thiazole rings is 1. The van der Waals surface area contributed by atoms with Crippen LogP contribution in [0.15, 0.2) is 60.1 Å². The minimum atomic E-state index is -4.50. The van der Waals surface area contributed by atoms with Crippen LogP contribution in [0, 0.1) is 5.82 Å². The van der Waals surface area contributed by atoms with Crippen molar-refractivity contribution in [3.05, 3.63) is 82.7 Å². The minimum Gasteiger partial charge on any atom is -0.350 e. The van der Waals surface area contributed by atoms with Gasteiger partial charge in [0.15, 0.2) is 10.7 Å². The van der Waals surface area contributed by atoms with Gasteiger partial charge in [-0.05, 0) is 30.2 Å². The van der Waals surface area contributed by atoms with E-state index in [1.54, 1.807) is 34.2 Å². The molecule has 0 saturated carbocycles. The van der Waals surface area contributed by atoms with Gasteiger partial charge in [0.05, 0.1) is 11.3 Å². The Morgan fingerprint density at radius 1 is 1.13 bits per heavy atom. The van der Waals surface area contributed by atoms with Crippen LogP contribution >= 0.6 is 11.3 Å². The van der Waals surface area contributed by atoms with Crippen molar-refractivity contribution in [3.8, 4) is 11.3 Å². The summed E-state index contributed by atoms with van der Waals surface area (Å²) in [7, 11) is 0. The quantitative estimate of drug-likeness (QED) is 0.440. The molecule has 2 aromatic heterocycles. The van der Waals surface area contributed by atoms with Crippen LogP contribution in [0.5, 0.6) is 0 Å². The van der Waals surface area contributed by atoms with Crippen molar-refractivity contribution in [3.63, 3.8) is 0 Å². The molecule has 4 nitrogen and oxygen atoms in total. The van der Waals surface area contributed by atoms with Crippen molar-refractivity contribution >= 4 is 22.2 Å². The Kier molecular flexibility index (Phi) is 5.29. The van der Waals surface area contributed by atoms with Crippen LogP contribution in [0.25, 0.3) is 16.2 Å². The molecule has 0 atom stereocenters. The number of fused-ring (bicyclic) bond motifs is 1. The number of carbonyl (C=O) groups excluding carboxylic acids is 1. The first kappa shape index (κ1) is 20.1. The Morgan fingerprint density at radius 2 is 1.93 bits per heavy atom. The highest BCUT2D eigenvalue weighted by Crippen LogP contribution is 2.34. The van der Waals surface area contributed by atoms with E-state index in [4.69, 9.17) is 0 Å². The van der Waals surface area contributed by atoms with Gasteiger partial charge in [-0.2, -0.15) is 13.2 Å². The van der Waals surface area contributed by atoms with Crippen LogP contribution in [-0.4, -0.2) is 21.8 Å². The van der Waals surface area contributed by atoms with E-state index in [0.717, 1.165) is 12.1 Å². The summed E-state index contributed by atoms with van der Waals surface area (Å²) in [5.41, 5.74) is 0.184. The molecule has 0 saturated heterocycles. The number of benzene rings is 2. The zero-order valence-electron chi connectivity index (χ0n) is 15.4. The van der Waals surface area contributed by atoms with Crippen molar-refractivity contribution in [2.45, 2.75) is 12.6 Å². The van der Waals surface area contributed by atoms with Crippen LogP contribution in [0.4, 0.5) is 17.6 Å². The van der Waals surface area contributed by atoms with E-state index in [-0.39, 0.29) is 35.7 Å². The number of amides is 1. The fourth-order valence-corrected chi connectivity index (χ4v) is 3.87. The number of rotatable bonds is 5. The predicted octanol–water partition coefficient (Wildman–Crippen LogP) is 5.19. The Balaban J connectivity index is 1.63. The molecule has 4 aromatic rings. The molecule has 30 heavy (non-hydrogen) atoms. The van der Waals surface area contributed by atoms with Crippen LogP contribution in [0.2, 0.25) is 0 Å². The predicted molar refractivity (Wildman–Crippen MR) is 106 cm³/mol. The molecule has 0 aliphatic rings. The van der Waals surface area contributed by atoms with Gasteiger partial charge in [0.2, 0.25) is 0 Å². The van der Waals surface area contributed by atoms with Crippen LogP contribution in [-0.2, 0) is 12.6 Å². The lowest BCUT2D eigenvalue weighted by Crippen LogP contribution is -2.26. The van der Waals surface area contributed by atoms with Gasteiger partial charge in [-0.1, -0.05) is 30.3 Å². The summed E-state index contributed by atoms with van der Waals surface area (Å²) < 4.78 is 54.8. The number of imidazole rings is 1. The van der Waals surface area contributed by atoms with Gasteiger partial charge < -0.3 is 5.32 Å². The second kappa shape index (κ2) is 7.91. The van der Waals surface area contributed by atoms with Crippen LogP contribution in [0.1, 0.15) is 21.6 Å². The summed E-state index contributed by atoms with van der Waals surface area (Å²) in [5, 5.41) is 4.42. The van der Waals surface area contributed by atoms with Gasteiger partial charge in [-0.15, -0.1) is 11.3 Å². The third kappa shape index (κ3) is 3.93. The highest BCUT2D eigenvalue weighted by molar-refractivity contribution is 7.15. The molecule has 0 fully saturated rings. The number of hydrogen-bond donors (Lipinski definition) is 1. The first-order valence-electron chi connectivity index (χ1n) is 8.99. The van der Waals surface area contributed by atoms with Gasteiger partial charge >= 0.3 is 6.18 Å². The summed E-state index contributed by atoms with van der Waals surface area (Å²) >= 11 is 1.27. The fourth-order valence-electron chi connectivity index (χ4n) is 3.16. The molecule has 4 rings (SSSR count). The molecular weight excluding hydrogens is 418 g/mol. The van der Waals surface area contributed by atoms with Crippen molar-refractivity contribution in [2.24, 2.45) is 0 Å². The standard InChI is InChI=1S/C21H15F4N3OS/c22-16-7-2-1-4-13(16)8-9-26-19(29)17-18(28-10-11-30-20(28)27-17)14-5-3-6-15(12-14)21(23,24)25/h1-7,10-12H,8-9H2,(H,26,29). The van der Waals surface area contributed by atoms with Crippen molar-refractivity contribution in [1.29, 1.82) is 0 Å². The minimum absolute atomic E-state index is 0.0229. The summed E-state index contributed by atoms with van der Waals surface area (Å²) in [5.74, 6) is -0.895. The summed E-state index contributed by atoms with van der Waals surface area (Å²) in [6.07, 6.45) is -2.57. The molecule has 2 heterocycles. The summed E-state index contributed by atoms with van der Waals surface area (Å²) in [6.45, 7) is 0.160. The lowest BCUT2D eigenvalue weighted by atomic mass is 10.1. The summed E-state index contributed by atoms with van der Waals surface area (Å²) in [6, 6.07) is 11.0. The first-order chi connectivity index (χ1) is 14.3. The average Bonchev–Trinajstić information content (AvgIpc) is 3.30. The Morgan fingerprint density at radius 3 is 2.70 bits per heavy atom. The van der Waals surface area contributed by atoms with E-state index in [0.29, 0.717) is 10.5 Å². The number of alkyl halides is 3. The lowest BCUT2D eigenvalue weighted by Gasteiger charge is -2.10. The number of carbonyl (C=O) groups is 1. The Bertz CT molecular complexity index is 1210. The molecule has 0 radical (unpaired) electrons. The Labute approximate surface area is 172 Å². The molecule has 0 spiro atoms. The molecular formula is C21H15F4N3OS. The molecule has 9 heteroatoms. The SMILES string of the molecule is O=C(NCCc1ccccc1F)c1nc2sccn2c1-c1cccc(C(F)(F)F)c1. The Hall–Kier alpha value is -3.20. The third-order valence-corrected chi connectivity index (χ3v) is 5.33. The molecule has 0 unspecified atom stereocenters. The maximum atomic E-state index is 13.7. The van der Waals surface area contributed by atoms with E-state index in [1.807, 2.05) is 0 Å². The number of aromatic nitrogens is 2. The fraction of sp³-hybridized carbons (Fsp3) is 0.143. The van der Waals surface area contributed by atoms with Crippen LogP contribution in [0.3, 0.4) is 0 Å². The number of halogens is 4. The van der Waals surface area contributed by atoms with Gasteiger partial charge in [0.25, 0.3) is 5.91 Å². The van der Waals surface area contributed by atoms with Gasteiger partial charge in [-0.25, -0.2) is 9.37 Å². The normalized spacial score (nSPS) is 11.7. The number of nitrogens with zero attached hydrogens (tertiary/aromatic N) is 2. The van der Waals surface area contributed by atoms with E-state index in [2.05, 4.69) is 10.3 Å². The lowest BCUT2D eigenvalue weighted by molar-refractivity contribution is -0.137. The maximum absolute atomic E-state index is 13.7. The molecule has 1 N–H and O–H groups in total. The topological polar surface area (TPSA) is 46.4 Å². The molecule has 154 valence electrons. The highest BCUT2D eigenvalue weighted by Gasteiger charge is 2.31. The molecule has 0 aliphatic carbocycles. The van der Waals surface area contributed by atoms with Crippen LogP contribution < -0.4 is 5.32 Å². The number of nitrogens with one attached hydrogen (secondary N) is 1. The van der Waals surface area contributed by atoms with E-state index >= 15 is 0 Å². The zero-order chi connectivity index (χ0) is 21.3. The molecule has 0 aliphatic heterocycles. The van der Waals surface area contributed by atoms with Crippen molar-refractivity contribution < 1.29 is 22.4 Å². The van der Waals surface area contributed by atoms with Crippen molar-refractivity contribution in [2.75, 3.05) is 6.54 Å². The summed E-state index contributed by atoms with van der Waals surface area (Å²) in [4.78, 5) is 17.6. The zero-order valence-corrected chi connectivity index (χ0v) is 16.2. The maximum Gasteiger partial charge on any atom is 0.416 e. The average molecular weight is 433 g/mol. The second-order valence-corrected chi connectivity index (χ2v) is 7.41. The molecule has 0 bridgehead atoms. The van der Waals surface area contributed by atoms with E-state index < -0.39 is 17.6 Å². The third-order valence-electron chi connectivity index (χ3n) is 4.58. The molecule has 2 aromatic carbocycles.